The summed E-state index contributed by atoms with van der Waals surface area (Å²) in [4.78, 5) is 0. The fraction of sp³-hybridized carbons (Fsp3) is 0.933. The minimum Gasteiger partial charge on any atom is -0.393 e. The van der Waals surface area contributed by atoms with E-state index >= 15 is 0 Å². The van der Waals surface area contributed by atoms with Crippen molar-refractivity contribution in [3.8, 4) is 0 Å². The van der Waals surface area contributed by atoms with Crippen LogP contribution in [0.15, 0.2) is 11.6 Å². The highest BCUT2D eigenvalue weighted by Crippen LogP contribution is 2.75. The van der Waals surface area contributed by atoms with Gasteiger partial charge in [-0.3, -0.25) is 0 Å². The maximum absolute atomic E-state index is 11.8. The van der Waals surface area contributed by atoms with Gasteiger partial charge in [-0.15, -0.1) is 0 Å². The summed E-state index contributed by atoms with van der Waals surface area (Å²) >= 11 is 0. The summed E-state index contributed by atoms with van der Waals surface area (Å²) in [6.07, 6.45) is 4.56. The monoisotopic (exact) mass is 492 g/mol. The van der Waals surface area contributed by atoms with E-state index in [9.17, 15) is 25.5 Å². The molecule has 5 nitrogen and oxygen atoms in total. The Morgan fingerprint density at radius 3 is 2.20 bits per heavy atom. The van der Waals surface area contributed by atoms with Gasteiger partial charge in [-0.05, 0) is 105 Å². The van der Waals surface area contributed by atoms with Gasteiger partial charge in [0.15, 0.2) is 0 Å². The van der Waals surface area contributed by atoms with Crippen molar-refractivity contribution in [2.24, 2.45) is 45.3 Å². The summed E-state index contributed by atoms with van der Waals surface area (Å²) in [5, 5.41) is 56.6. The highest BCUT2D eigenvalue weighted by molar-refractivity contribution is 5.21. The van der Waals surface area contributed by atoms with Crippen LogP contribution in [0.1, 0.15) is 100 Å². The van der Waals surface area contributed by atoms with Crippen LogP contribution in [-0.4, -0.2) is 55.5 Å². The third-order valence-electron chi connectivity index (χ3n) is 12.2. The van der Waals surface area contributed by atoms with Crippen molar-refractivity contribution in [2.75, 3.05) is 0 Å². The molecule has 5 heteroatoms. The number of fused-ring (bicyclic) bond motifs is 5. The molecule has 12 unspecified atom stereocenters. The molecule has 4 rings (SSSR count). The zero-order valence-electron chi connectivity index (χ0n) is 23.4. The van der Waals surface area contributed by atoms with Crippen LogP contribution < -0.4 is 0 Å². The van der Waals surface area contributed by atoms with Crippen LogP contribution in [0.4, 0.5) is 0 Å². The molecule has 0 amide bonds. The molecule has 0 saturated heterocycles. The van der Waals surface area contributed by atoms with E-state index in [0.717, 1.165) is 31.3 Å². The Labute approximate surface area is 213 Å². The van der Waals surface area contributed by atoms with Gasteiger partial charge in [-0.1, -0.05) is 46.3 Å². The van der Waals surface area contributed by atoms with E-state index < -0.39 is 30.0 Å². The third-order valence-corrected chi connectivity index (χ3v) is 12.2. The molecule has 5 N–H and O–H groups in total. The molecule has 0 aromatic heterocycles. The van der Waals surface area contributed by atoms with Crippen molar-refractivity contribution in [3.63, 3.8) is 0 Å². The molecule has 12 atom stereocenters. The van der Waals surface area contributed by atoms with Crippen molar-refractivity contribution in [1.82, 2.24) is 0 Å². The van der Waals surface area contributed by atoms with Crippen LogP contribution in [0.5, 0.6) is 0 Å². The van der Waals surface area contributed by atoms with Crippen molar-refractivity contribution in [1.29, 1.82) is 0 Å². The molecule has 0 aromatic rings. The topological polar surface area (TPSA) is 101 Å². The number of allylic oxidation sites excluding steroid dienone is 1. The molecule has 4 aliphatic rings. The standard InChI is InChI=1S/C30H52O5/c1-17(2)13-18(31)15-30(8,35)19-9-12-28(6)24(19)20(32)14-22-27(5)11-10-23(34)26(3,4)25(27)21(33)16-29(22,28)7/h13,18-25,31-35H,9-12,14-16H2,1-8H3. The van der Waals surface area contributed by atoms with E-state index in [2.05, 4.69) is 34.6 Å². The Hall–Kier alpha value is -0.460. The first-order valence-corrected chi connectivity index (χ1v) is 14.0. The summed E-state index contributed by atoms with van der Waals surface area (Å²) in [5.41, 5.74) is -1.00. The number of hydrogen-bond acceptors (Lipinski definition) is 5. The van der Waals surface area contributed by atoms with Gasteiger partial charge >= 0.3 is 0 Å². The second-order valence-corrected chi connectivity index (χ2v) is 14.9. The van der Waals surface area contributed by atoms with Crippen LogP contribution in [0.25, 0.3) is 0 Å². The Bertz CT molecular complexity index is 846. The minimum absolute atomic E-state index is 0.0105. The molecule has 0 aromatic carbocycles. The fourth-order valence-electron chi connectivity index (χ4n) is 10.7. The van der Waals surface area contributed by atoms with E-state index in [0.29, 0.717) is 12.8 Å². The maximum Gasteiger partial charge on any atom is 0.0750 e. The molecule has 0 aliphatic heterocycles. The summed E-state index contributed by atoms with van der Waals surface area (Å²) < 4.78 is 0. The van der Waals surface area contributed by atoms with Crippen molar-refractivity contribution >= 4 is 0 Å². The van der Waals surface area contributed by atoms with Crippen LogP contribution in [0.3, 0.4) is 0 Å². The molecule has 0 bridgehead atoms. The lowest BCUT2D eigenvalue weighted by Crippen LogP contribution is -2.69. The average molecular weight is 493 g/mol. The highest BCUT2D eigenvalue weighted by Gasteiger charge is 2.73. The summed E-state index contributed by atoms with van der Waals surface area (Å²) in [6.45, 7) is 16.9. The van der Waals surface area contributed by atoms with Gasteiger partial charge < -0.3 is 25.5 Å². The molecule has 4 aliphatic carbocycles. The minimum atomic E-state index is -1.09. The highest BCUT2D eigenvalue weighted by atomic mass is 16.3. The second kappa shape index (κ2) is 8.53. The SMILES string of the molecule is CC(C)=CC(O)CC(C)(O)C1CCC2(C)C1C(O)CC1C3(C)CCC(O)C(C)(C)C3C(O)CC12C. The molecular formula is C30H52O5. The molecule has 202 valence electrons. The van der Waals surface area contributed by atoms with Crippen LogP contribution in [0, 0.1) is 45.3 Å². The van der Waals surface area contributed by atoms with E-state index in [1.165, 1.54) is 0 Å². The predicted molar refractivity (Wildman–Crippen MR) is 138 cm³/mol. The number of hydrogen-bond donors (Lipinski definition) is 5. The second-order valence-electron chi connectivity index (χ2n) is 14.9. The van der Waals surface area contributed by atoms with E-state index in [4.69, 9.17) is 0 Å². The number of rotatable bonds is 4. The summed E-state index contributed by atoms with van der Waals surface area (Å²) in [6, 6.07) is 0. The molecule has 4 fully saturated rings. The molecule has 0 heterocycles. The first-order chi connectivity index (χ1) is 15.9. The molecule has 35 heavy (non-hydrogen) atoms. The zero-order chi connectivity index (χ0) is 26.4. The van der Waals surface area contributed by atoms with Crippen LogP contribution in [-0.2, 0) is 0 Å². The quantitative estimate of drug-likeness (QED) is 0.374. The molecular weight excluding hydrogens is 440 g/mol. The number of aliphatic hydroxyl groups is 5. The van der Waals surface area contributed by atoms with E-state index in [1.54, 1.807) is 6.08 Å². The Morgan fingerprint density at radius 2 is 1.60 bits per heavy atom. The van der Waals surface area contributed by atoms with Gasteiger partial charge in [0.25, 0.3) is 0 Å². The van der Waals surface area contributed by atoms with Crippen molar-refractivity contribution < 1.29 is 25.5 Å². The average Bonchev–Trinajstić information content (AvgIpc) is 3.07. The van der Waals surface area contributed by atoms with E-state index in [1.807, 2.05) is 20.8 Å². The lowest BCUT2D eigenvalue weighted by molar-refractivity contribution is -0.274. The smallest absolute Gasteiger partial charge is 0.0750 e. The van der Waals surface area contributed by atoms with Crippen LogP contribution in [0.2, 0.25) is 0 Å². The third kappa shape index (κ3) is 3.90. The van der Waals surface area contributed by atoms with Crippen molar-refractivity contribution in [2.45, 2.75) is 130 Å². The summed E-state index contributed by atoms with van der Waals surface area (Å²) in [7, 11) is 0. The van der Waals surface area contributed by atoms with Gasteiger partial charge in [0.1, 0.15) is 0 Å². The van der Waals surface area contributed by atoms with E-state index in [-0.39, 0.29) is 51.8 Å². The fourth-order valence-corrected chi connectivity index (χ4v) is 10.7. The Balaban J connectivity index is 1.71. The lowest BCUT2D eigenvalue weighted by atomic mass is 9.34. The number of aliphatic hydroxyl groups excluding tert-OH is 4. The first-order valence-electron chi connectivity index (χ1n) is 14.0. The normalized spacial score (nSPS) is 51.4. The largest absolute Gasteiger partial charge is 0.393 e. The van der Waals surface area contributed by atoms with Gasteiger partial charge in [-0.25, -0.2) is 0 Å². The maximum atomic E-state index is 11.8. The molecule has 0 spiro atoms. The molecule has 4 saturated carbocycles. The summed E-state index contributed by atoms with van der Waals surface area (Å²) in [5.74, 6) is 0.0510. The first kappa shape index (κ1) is 27.6. The lowest BCUT2D eigenvalue weighted by Gasteiger charge is -2.71. The predicted octanol–water partition coefficient (Wildman–Crippen LogP) is 4.44. The Morgan fingerprint density at radius 1 is 0.971 bits per heavy atom. The Kier molecular flexibility index (Phi) is 6.72. The van der Waals surface area contributed by atoms with Gasteiger partial charge in [-0.2, -0.15) is 0 Å². The van der Waals surface area contributed by atoms with Gasteiger partial charge in [0, 0.05) is 6.42 Å². The van der Waals surface area contributed by atoms with Gasteiger partial charge in [0.2, 0.25) is 0 Å². The molecule has 0 radical (unpaired) electrons. The van der Waals surface area contributed by atoms with Gasteiger partial charge in [0.05, 0.1) is 30.0 Å². The zero-order valence-corrected chi connectivity index (χ0v) is 23.4. The van der Waals surface area contributed by atoms with Crippen LogP contribution >= 0.6 is 0 Å². The van der Waals surface area contributed by atoms with Crippen molar-refractivity contribution in [3.05, 3.63) is 11.6 Å².